The lowest BCUT2D eigenvalue weighted by molar-refractivity contribution is 0.613. The number of H-pyrrole nitrogens is 1. The Labute approximate surface area is 172 Å². The molecule has 5 rings (SSSR count). The summed E-state index contributed by atoms with van der Waals surface area (Å²) in [6.07, 6.45) is 2.80. The highest BCUT2D eigenvalue weighted by atomic mass is 35.5. The van der Waals surface area contributed by atoms with Gasteiger partial charge in [0.1, 0.15) is 5.52 Å². The minimum Gasteiger partial charge on any atom is -0.354 e. The average Bonchev–Trinajstić information content (AvgIpc) is 3.36. The third-order valence-electron chi connectivity index (χ3n) is 5.52. The number of anilines is 1. The van der Waals surface area contributed by atoms with Gasteiger partial charge >= 0.3 is 5.69 Å². The van der Waals surface area contributed by atoms with E-state index in [-0.39, 0.29) is 5.69 Å². The molecule has 0 aliphatic carbocycles. The van der Waals surface area contributed by atoms with Crippen molar-refractivity contribution in [2.45, 2.75) is 13.0 Å². The Hall–Kier alpha value is -2.90. The SMILES string of the molecule is O=c1[nH]c2cnc(NC[C@@H]3CCNC3)nc2n1Cc1c(Cl)ccc2ccccc12. The van der Waals surface area contributed by atoms with E-state index in [9.17, 15) is 4.79 Å². The summed E-state index contributed by atoms with van der Waals surface area (Å²) in [7, 11) is 0. The molecule has 1 saturated heterocycles. The van der Waals surface area contributed by atoms with Crippen molar-refractivity contribution >= 4 is 39.5 Å². The Morgan fingerprint density at radius 2 is 2.14 bits per heavy atom. The molecule has 0 bridgehead atoms. The first-order valence-electron chi connectivity index (χ1n) is 9.75. The summed E-state index contributed by atoms with van der Waals surface area (Å²) in [5.41, 5.74) is 1.86. The Morgan fingerprint density at radius 3 is 3.00 bits per heavy atom. The number of nitrogens with one attached hydrogen (secondary N) is 3. The zero-order valence-electron chi connectivity index (χ0n) is 15.8. The predicted molar refractivity (Wildman–Crippen MR) is 116 cm³/mol. The molecule has 3 N–H and O–H groups in total. The van der Waals surface area contributed by atoms with Gasteiger partial charge in [-0.05, 0) is 47.8 Å². The van der Waals surface area contributed by atoms with Gasteiger partial charge in [-0.3, -0.25) is 4.57 Å². The zero-order valence-corrected chi connectivity index (χ0v) is 16.5. The molecule has 0 amide bonds. The lowest BCUT2D eigenvalue weighted by Crippen LogP contribution is -2.19. The van der Waals surface area contributed by atoms with Crippen LogP contribution < -0.4 is 16.3 Å². The molecule has 4 aromatic rings. The van der Waals surface area contributed by atoms with Crippen molar-refractivity contribution in [3.63, 3.8) is 0 Å². The molecule has 0 spiro atoms. The molecule has 8 heteroatoms. The monoisotopic (exact) mass is 408 g/mol. The van der Waals surface area contributed by atoms with Gasteiger partial charge in [0.2, 0.25) is 5.95 Å². The largest absolute Gasteiger partial charge is 0.354 e. The van der Waals surface area contributed by atoms with Crippen molar-refractivity contribution < 1.29 is 0 Å². The van der Waals surface area contributed by atoms with E-state index in [2.05, 4.69) is 25.6 Å². The van der Waals surface area contributed by atoms with Crippen LogP contribution in [-0.2, 0) is 6.54 Å². The lowest BCUT2D eigenvalue weighted by Gasteiger charge is -2.11. The van der Waals surface area contributed by atoms with Crippen LogP contribution in [0.5, 0.6) is 0 Å². The maximum Gasteiger partial charge on any atom is 0.328 e. The van der Waals surface area contributed by atoms with Gasteiger partial charge in [0.05, 0.1) is 12.7 Å². The Balaban J connectivity index is 1.51. The third-order valence-corrected chi connectivity index (χ3v) is 5.88. The summed E-state index contributed by atoms with van der Waals surface area (Å²) in [6, 6.07) is 11.9. The second-order valence-electron chi connectivity index (χ2n) is 7.43. The summed E-state index contributed by atoms with van der Waals surface area (Å²) < 4.78 is 1.62. The topological polar surface area (TPSA) is 87.6 Å². The zero-order chi connectivity index (χ0) is 19.8. The van der Waals surface area contributed by atoms with Crippen LogP contribution in [0.2, 0.25) is 5.02 Å². The minimum absolute atomic E-state index is 0.226. The summed E-state index contributed by atoms with van der Waals surface area (Å²) in [5, 5.41) is 9.40. The van der Waals surface area contributed by atoms with Crippen molar-refractivity contribution in [1.29, 1.82) is 0 Å². The summed E-state index contributed by atoms with van der Waals surface area (Å²) >= 11 is 6.50. The first kappa shape index (κ1) is 18.1. The van der Waals surface area contributed by atoms with Crippen LogP contribution >= 0.6 is 11.6 Å². The number of halogens is 1. The molecule has 1 fully saturated rings. The fraction of sp³-hybridized carbons (Fsp3) is 0.286. The second kappa shape index (κ2) is 7.50. The molecule has 2 aromatic carbocycles. The number of hydrogen-bond donors (Lipinski definition) is 3. The normalized spacial score (nSPS) is 16.7. The van der Waals surface area contributed by atoms with E-state index >= 15 is 0 Å². The van der Waals surface area contributed by atoms with E-state index in [0.717, 1.165) is 42.4 Å². The van der Waals surface area contributed by atoms with Crippen molar-refractivity contribution in [2.75, 3.05) is 25.0 Å². The highest BCUT2D eigenvalue weighted by Gasteiger charge is 2.16. The molecular weight excluding hydrogens is 388 g/mol. The van der Waals surface area contributed by atoms with E-state index in [1.54, 1.807) is 10.8 Å². The molecule has 7 nitrogen and oxygen atoms in total. The van der Waals surface area contributed by atoms with E-state index in [0.29, 0.717) is 34.6 Å². The fourth-order valence-corrected chi connectivity index (χ4v) is 4.15. The van der Waals surface area contributed by atoms with Gasteiger partial charge in [-0.15, -0.1) is 0 Å². The highest BCUT2D eigenvalue weighted by molar-refractivity contribution is 6.32. The molecule has 0 radical (unpaired) electrons. The number of imidazole rings is 1. The van der Waals surface area contributed by atoms with Gasteiger partial charge in [0, 0.05) is 11.6 Å². The number of hydrogen-bond acceptors (Lipinski definition) is 5. The molecule has 0 unspecified atom stereocenters. The van der Waals surface area contributed by atoms with Crippen molar-refractivity contribution in [2.24, 2.45) is 5.92 Å². The van der Waals surface area contributed by atoms with Gasteiger partial charge in [-0.2, -0.15) is 4.98 Å². The summed E-state index contributed by atoms with van der Waals surface area (Å²) in [5.74, 6) is 1.10. The Morgan fingerprint density at radius 1 is 1.24 bits per heavy atom. The first-order valence-corrected chi connectivity index (χ1v) is 10.1. The number of fused-ring (bicyclic) bond motifs is 2. The summed E-state index contributed by atoms with van der Waals surface area (Å²) in [6.45, 7) is 3.20. The van der Waals surface area contributed by atoms with Gasteiger partial charge in [0.15, 0.2) is 5.65 Å². The van der Waals surface area contributed by atoms with E-state index < -0.39 is 0 Å². The Bertz CT molecular complexity index is 1240. The van der Waals surface area contributed by atoms with Crippen LogP contribution in [0.4, 0.5) is 5.95 Å². The molecule has 1 aliphatic heterocycles. The quantitative estimate of drug-likeness (QED) is 0.472. The van der Waals surface area contributed by atoms with Gasteiger partial charge in [0.25, 0.3) is 0 Å². The van der Waals surface area contributed by atoms with Crippen molar-refractivity contribution in [3.8, 4) is 0 Å². The highest BCUT2D eigenvalue weighted by Crippen LogP contribution is 2.27. The summed E-state index contributed by atoms with van der Waals surface area (Å²) in [4.78, 5) is 24.4. The third kappa shape index (κ3) is 3.47. The number of nitrogens with zero attached hydrogens (tertiary/aromatic N) is 3. The van der Waals surface area contributed by atoms with Gasteiger partial charge in [-0.25, -0.2) is 9.78 Å². The molecule has 1 aliphatic rings. The molecular formula is C21H21ClN6O. The first-order chi connectivity index (χ1) is 14.2. The molecule has 2 aromatic heterocycles. The van der Waals surface area contributed by atoms with Crippen LogP contribution in [0.1, 0.15) is 12.0 Å². The Kier molecular flexibility index (Phi) is 4.69. The molecule has 29 heavy (non-hydrogen) atoms. The lowest BCUT2D eigenvalue weighted by atomic mass is 10.0. The number of benzene rings is 2. The molecule has 148 valence electrons. The maximum absolute atomic E-state index is 12.6. The van der Waals surface area contributed by atoms with Crippen molar-refractivity contribution in [3.05, 3.63) is 63.7 Å². The molecule has 1 atom stereocenters. The van der Waals surface area contributed by atoms with E-state index in [1.165, 1.54) is 0 Å². The van der Waals surface area contributed by atoms with E-state index in [4.69, 9.17) is 11.6 Å². The second-order valence-corrected chi connectivity index (χ2v) is 7.84. The van der Waals surface area contributed by atoms with Crippen LogP contribution in [0.25, 0.3) is 21.9 Å². The molecule has 3 heterocycles. The minimum atomic E-state index is -0.226. The molecule has 0 saturated carbocycles. The fourth-order valence-electron chi connectivity index (χ4n) is 3.93. The maximum atomic E-state index is 12.6. The number of aromatic nitrogens is 4. The van der Waals surface area contributed by atoms with Crippen LogP contribution in [0, 0.1) is 5.92 Å². The predicted octanol–water partition coefficient (Wildman–Crippen LogP) is 3.00. The van der Waals surface area contributed by atoms with Crippen LogP contribution in [-0.4, -0.2) is 39.2 Å². The van der Waals surface area contributed by atoms with E-state index in [1.807, 2.05) is 36.4 Å². The van der Waals surface area contributed by atoms with Crippen LogP contribution in [0.15, 0.2) is 47.4 Å². The van der Waals surface area contributed by atoms with Crippen LogP contribution in [0.3, 0.4) is 0 Å². The standard InChI is InChI=1S/C21H21ClN6O/c22-17-6-5-14-3-1-2-4-15(14)16(17)12-28-19-18(26-21(28)29)11-25-20(27-19)24-10-13-7-8-23-9-13/h1-6,11,13,23H,7-10,12H2,(H,26,29)(H,24,25,27)/t13-/m1/s1. The van der Waals surface area contributed by atoms with Gasteiger partial charge in [-0.1, -0.05) is 41.9 Å². The van der Waals surface area contributed by atoms with Gasteiger partial charge < -0.3 is 15.6 Å². The smallest absolute Gasteiger partial charge is 0.328 e. The number of aromatic amines is 1. The van der Waals surface area contributed by atoms with Crippen molar-refractivity contribution in [1.82, 2.24) is 24.8 Å². The number of rotatable bonds is 5. The average molecular weight is 409 g/mol.